The van der Waals surface area contributed by atoms with Crippen molar-refractivity contribution in [2.45, 2.75) is 42.4 Å². The molecule has 0 bridgehead atoms. The maximum Gasteiger partial charge on any atom is 0.0231 e. The summed E-state index contributed by atoms with van der Waals surface area (Å²) < 4.78 is 1.15. The highest BCUT2D eigenvalue weighted by Crippen LogP contribution is 2.36. The minimum absolute atomic E-state index is 0.606. The second-order valence-corrected chi connectivity index (χ2v) is 6.21. The van der Waals surface area contributed by atoms with Crippen LogP contribution in [0.25, 0.3) is 0 Å². The fourth-order valence-electron chi connectivity index (χ4n) is 1.97. The summed E-state index contributed by atoms with van der Waals surface area (Å²) in [5.74, 6) is 0. The van der Waals surface area contributed by atoms with Crippen molar-refractivity contribution < 1.29 is 0 Å². The Morgan fingerprint density at radius 2 is 2.07 bits per heavy atom. The fourth-order valence-corrected chi connectivity index (χ4v) is 3.94. The predicted molar refractivity (Wildman–Crippen MR) is 70.1 cm³/mol. The molecular weight excluding hydrogens is 270 g/mol. The van der Waals surface area contributed by atoms with Crippen LogP contribution in [0, 0.1) is 0 Å². The van der Waals surface area contributed by atoms with Gasteiger partial charge in [-0.2, -0.15) is 0 Å². The van der Waals surface area contributed by atoms with E-state index in [1.54, 1.807) is 0 Å². The molecule has 2 rings (SSSR count). The van der Waals surface area contributed by atoms with Gasteiger partial charge in [-0.25, -0.2) is 0 Å². The predicted octanol–water partition coefficient (Wildman–Crippen LogP) is 3.94. The maximum absolute atomic E-state index is 5.63. The van der Waals surface area contributed by atoms with E-state index in [1.807, 2.05) is 11.8 Å². The van der Waals surface area contributed by atoms with E-state index in [0.717, 1.165) is 9.72 Å². The minimum Gasteiger partial charge on any atom is -0.326 e. The van der Waals surface area contributed by atoms with Crippen molar-refractivity contribution in [2.24, 2.45) is 5.73 Å². The average Bonchev–Trinajstić information content (AvgIpc) is 2.71. The summed E-state index contributed by atoms with van der Waals surface area (Å²) in [4.78, 5) is 1.37. The molecule has 0 heterocycles. The summed E-state index contributed by atoms with van der Waals surface area (Å²) in [5.41, 5.74) is 6.81. The molecule has 0 saturated heterocycles. The van der Waals surface area contributed by atoms with Gasteiger partial charge in [0, 0.05) is 21.2 Å². The number of rotatable bonds is 3. The SMILES string of the molecule is NCc1ccc(SC2CCCC2)cc1Br. The van der Waals surface area contributed by atoms with Crippen molar-refractivity contribution in [3.63, 3.8) is 0 Å². The Bertz CT molecular complexity index is 334. The lowest BCUT2D eigenvalue weighted by atomic mass is 10.2. The number of hydrogen-bond acceptors (Lipinski definition) is 2. The Morgan fingerprint density at radius 1 is 1.33 bits per heavy atom. The van der Waals surface area contributed by atoms with Crippen molar-refractivity contribution in [1.82, 2.24) is 0 Å². The van der Waals surface area contributed by atoms with E-state index < -0.39 is 0 Å². The van der Waals surface area contributed by atoms with Crippen LogP contribution in [0.5, 0.6) is 0 Å². The van der Waals surface area contributed by atoms with Gasteiger partial charge in [-0.05, 0) is 30.5 Å². The Labute approximate surface area is 104 Å². The molecule has 82 valence electrons. The summed E-state index contributed by atoms with van der Waals surface area (Å²) in [5, 5.41) is 0.834. The van der Waals surface area contributed by atoms with Gasteiger partial charge in [-0.1, -0.05) is 34.8 Å². The van der Waals surface area contributed by atoms with Crippen LogP contribution >= 0.6 is 27.7 Å². The quantitative estimate of drug-likeness (QED) is 0.910. The van der Waals surface area contributed by atoms with E-state index in [9.17, 15) is 0 Å². The number of hydrogen-bond donors (Lipinski definition) is 1. The van der Waals surface area contributed by atoms with Gasteiger partial charge in [0.1, 0.15) is 0 Å². The second-order valence-electron chi connectivity index (χ2n) is 3.98. The largest absolute Gasteiger partial charge is 0.326 e. The highest BCUT2D eigenvalue weighted by atomic mass is 79.9. The van der Waals surface area contributed by atoms with Gasteiger partial charge in [-0.3, -0.25) is 0 Å². The molecule has 1 nitrogen and oxygen atoms in total. The van der Waals surface area contributed by atoms with Gasteiger partial charge >= 0.3 is 0 Å². The molecule has 0 unspecified atom stereocenters. The standard InChI is InChI=1S/C12H16BrNS/c13-12-7-11(6-5-9(12)8-14)15-10-3-1-2-4-10/h5-7,10H,1-4,8,14H2. The smallest absolute Gasteiger partial charge is 0.0231 e. The van der Waals surface area contributed by atoms with Crippen LogP contribution in [-0.2, 0) is 6.54 Å². The molecule has 0 aliphatic heterocycles. The number of nitrogens with two attached hydrogens (primary N) is 1. The first-order chi connectivity index (χ1) is 7.29. The molecule has 1 fully saturated rings. The van der Waals surface area contributed by atoms with Gasteiger partial charge in [0.25, 0.3) is 0 Å². The molecule has 0 radical (unpaired) electrons. The first kappa shape index (κ1) is 11.5. The van der Waals surface area contributed by atoms with Crippen molar-refractivity contribution in [3.8, 4) is 0 Å². The van der Waals surface area contributed by atoms with Crippen molar-refractivity contribution in [2.75, 3.05) is 0 Å². The Hall–Kier alpha value is 0.01000. The molecule has 0 spiro atoms. The third-order valence-electron chi connectivity index (χ3n) is 2.85. The van der Waals surface area contributed by atoms with E-state index in [4.69, 9.17) is 5.73 Å². The molecule has 1 aromatic carbocycles. The van der Waals surface area contributed by atoms with Crippen molar-refractivity contribution >= 4 is 27.7 Å². The summed E-state index contributed by atoms with van der Waals surface area (Å²) in [7, 11) is 0. The van der Waals surface area contributed by atoms with Crippen molar-refractivity contribution in [1.29, 1.82) is 0 Å². The van der Waals surface area contributed by atoms with E-state index in [0.29, 0.717) is 6.54 Å². The van der Waals surface area contributed by atoms with Crippen LogP contribution < -0.4 is 5.73 Å². The lowest BCUT2D eigenvalue weighted by Crippen LogP contribution is -1.98. The van der Waals surface area contributed by atoms with Crippen LogP contribution in [0.15, 0.2) is 27.6 Å². The third-order valence-corrected chi connectivity index (χ3v) is 4.92. The van der Waals surface area contributed by atoms with Gasteiger partial charge in [0.15, 0.2) is 0 Å². The normalized spacial score (nSPS) is 17.2. The topological polar surface area (TPSA) is 26.0 Å². The van der Waals surface area contributed by atoms with Crippen LogP contribution in [0.3, 0.4) is 0 Å². The zero-order chi connectivity index (χ0) is 10.7. The summed E-state index contributed by atoms with van der Waals surface area (Å²) in [6, 6.07) is 6.52. The summed E-state index contributed by atoms with van der Waals surface area (Å²) in [6.45, 7) is 0.606. The molecular formula is C12H16BrNS. The monoisotopic (exact) mass is 285 g/mol. The maximum atomic E-state index is 5.63. The first-order valence-electron chi connectivity index (χ1n) is 5.45. The van der Waals surface area contributed by atoms with E-state index in [2.05, 4.69) is 34.1 Å². The van der Waals surface area contributed by atoms with Gasteiger partial charge in [0.05, 0.1) is 0 Å². The second kappa shape index (κ2) is 5.37. The number of thioether (sulfide) groups is 1. The van der Waals surface area contributed by atoms with E-state index in [-0.39, 0.29) is 0 Å². The number of halogens is 1. The molecule has 15 heavy (non-hydrogen) atoms. The summed E-state index contributed by atoms with van der Waals surface area (Å²) in [6.07, 6.45) is 5.56. The van der Waals surface area contributed by atoms with Gasteiger partial charge in [0.2, 0.25) is 0 Å². The Balaban J connectivity index is 2.05. The molecule has 1 saturated carbocycles. The van der Waals surface area contributed by atoms with Crippen LogP contribution in [0.1, 0.15) is 31.2 Å². The zero-order valence-corrected chi connectivity index (χ0v) is 11.1. The summed E-state index contributed by atoms with van der Waals surface area (Å²) >= 11 is 5.58. The van der Waals surface area contributed by atoms with Crippen LogP contribution in [-0.4, -0.2) is 5.25 Å². The number of benzene rings is 1. The molecule has 3 heteroatoms. The molecule has 0 atom stereocenters. The first-order valence-corrected chi connectivity index (χ1v) is 7.12. The third kappa shape index (κ3) is 2.99. The molecule has 1 aromatic rings. The van der Waals surface area contributed by atoms with Crippen LogP contribution in [0.4, 0.5) is 0 Å². The zero-order valence-electron chi connectivity index (χ0n) is 8.71. The Morgan fingerprint density at radius 3 is 2.67 bits per heavy atom. The fraction of sp³-hybridized carbons (Fsp3) is 0.500. The minimum atomic E-state index is 0.606. The molecule has 1 aliphatic carbocycles. The van der Waals surface area contributed by atoms with Crippen molar-refractivity contribution in [3.05, 3.63) is 28.2 Å². The lowest BCUT2D eigenvalue weighted by Gasteiger charge is -2.10. The van der Waals surface area contributed by atoms with E-state index >= 15 is 0 Å². The average molecular weight is 286 g/mol. The van der Waals surface area contributed by atoms with E-state index in [1.165, 1.54) is 36.1 Å². The lowest BCUT2D eigenvalue weighted by molar-refractivity contribution is 0.886. The van der Waals surface area contributed by atoms with Gasteiger partial charge in [-0.15, -0.1) is 11.8 Å². The molecule has 0 aromatic heterocycles. The highest BCUT2D eigenvalue weighted by Gasteiger charge is 2.16. The molecule has 2 N–H and O–H groups in total. The van der Waals surface area contributed by atoms with Gasteiger partial charge < -0.3 is 5.73 Å². The molecule has 0 amide bonds. The van der Waals surface area contributed by atoms with Crippen LogP contribution in [0.2, 0.25) is 0 Å². The molecule has 1 aliphatic rings. The highest BCUT2D eigenvalue weighted by molar-refractivity contribution is 9.10. The Kier molecular flexibility index (Phi) is 4.12.